The second-order valence-electron chi connectivity index (χ2n) is 5.73. The second kappa shape index (κ2) is 9.12. The van der Waals surface area contributed by atoms with Gasteiger partial charge in [0.25, 0.3) is 0 Å². The maximum absolute atomic E-state index is 12.1. The number of amides is 3. The molecule has 0 aliphatic carbocycles. The third-order valence-corrected chi connectivity index (χ3v) is 5.50. The van der Waals surface area contributed by atoms with E-state index in [1.807, 2.05) is 44.2 Å². The van der Waals surface area contributed by atoms with Crippen LogP contribution in [0.3, 0.4) is 0 Å². The number of thioether (sulfide) groups is 1. The summed E-state index contributed by atoms with van der Waals surface area (Å²) in [5.74, 6) is -0.0412. The lowest BCUT2D eigenvalue weighted by Gasteiger charge is -2.11. The van der Waals surface area contributed by atoms with E-state index in [0.29, 0.717) is 20.8 Å². The summed E-state index contributed by atoms with van der Waals surface area (Å²) in [6.07, 6.45) is 0. The van der Waals surface area contributed by atoms with Crippen LogP contribution in [0.4, 0.5) is 4.79 Å². The fraction of sp³-hybridized carbons (Fsp3) is 0.375. The number of nitrogens with one attached hydrogen (secondary N) is 2. The Morgan fingerprint density at radius 2 is 1.96 bits per heavy atom. The number of hydrogen-bond acceptors (Lipinski definition) is 6. The summed E-state index contributed by atoms with van der Waals surface area (Å²) in [5, 5.41) is 8.99. The van der Waals surface area contributed by atoms with Crippen molar-refractivity contribution in [1.82, 2.24) is 20.4 Å². The molecule has 0 spiro atoms. The summed E-state index contributed by atoms with van der Waals surface area (Å²) in [6, 6.07) is 9.10. The zero-order chi connectivity index (χ0) is 18.4. The molecule has 9 heteroatoms. The van der Waals surface area contributed by atoms with Gasteiger partial charge in [0.1, 0.15) is 0 Å². The van der Waals surface area contributed by atoms with Gasteiger partial charge in [-0.2, -0.15) is 0 Å². The Balaban J connectivity index is 1.96. The van der Waals surface area contributed by atoms with Gasteiger partial charge in [0, 0.05) is 6.54 Å². The van der Waals surface area contributed by atoms with Crippen LogP contribution in [0.25, 0.3) is 5.69 Å². The highest BCUT2D eigenvalue weighted by Gasteiger charge is 2.19. The molecule has 3 amide bonds. The highest BCUT2D eigenvalue weighted by Crippen LogP contribution is 2.27. The first kappa shape index (κ1) is 19.6. The van der Waals surface area contributed by atoms with Gasteiger partial charge in [0.05, 0.1) is 10.9 Å². The number of urea groups is 1. The highest BCUT2D eigenvalue weighted by molar-refractivity contribution is 8.02. The minimum absolute atomic E-state index is 0.321. The molecule has 0 fully saturated rings. The molecular weight excluding hydrogens is 376 g/mol. The summed E-state index contributed by atoms with van der Waals surface area (Å²) in [4.78, 5) is 23.8. The zero-order valence-electron chi connectivity index (χ0n) is 14.2. The van der Waals surface area contributed by atoms with E-state index in [9.17, 15) is 9.59 Å². The summed E-state index contributed by atoms with van der Waals surface area (Å²) in [7, 11) is 0. The van der Waals surface area contributed by atoms with Crippen LogP contribution in [0.5, 0.6) is 0 Å². The molecule has 1 aromatic heterocycles. The van der Waals surface area contributed by atoms with E-state index in [0.717, 1.165) is 5.69 Å². The van der Waals surface area contributed by atoms with E-state index in [4.69, 9.17) is 12.2 Å². The van der Waals surface area contributed by atoms with Crippen molar-refractivity contribution in [2.75, 3.05) is 6.54 Å². The number of imide groups is 1. The summed E-state index contributed by atoms with van der Waals surface area (Å²) < 4.78 is 2.96. The van der Waals surface area contributed by atoms with Crippen molar-refractivity contribution in [3.8, 4) is 5.69 Å². The fourth-order valence-corrected chi connectivity index (χ4v) is 4.31. The van der Waals surface area contributed by atoms with Gasteiger partial charge in [-0.05, 0) is 37.2 Å². The molecule has 6 nitrogen and oxygen atoms in total. The Kier molecular flexibility index (Phi) is 7.15. The number of hydrogen-bond donors (Lipinski definition) is 2. The Labute approximate surface area is 160 Å². The predicted octanol–water partition coefficient (Wildman–Crippen LogP) is 3.63. The summed E-state index contributed by atoms with van der Waals surface area (Å²) in [6.45, 7) is 6.21. The summed E-state index contributed by atoms with van der Waals surface area (Å²) in [5.41, 5.74) is 0.876. The number of nitrogens with zero attached hydrogens (tertiary/aromatic N) is 2. The molecule has 0 bridgehead atoms. The standard InChI is InChI=1S/C16H20N4O2S3/c1-10(2)9-17-14(22)18-13(21)11(3)24-15-19-20(16(23)25-15)12-7-5-4-6-8-12/h4-8,10-11H,9H2,1-3H3,(H2,17,18,21,22). The van der Waals surface area contributed by atoms with Crippen molar-refractivity contribution in [1.29, 1.82) is 0 Å². The van der Waals surface area contributed by atoms with Gasteiger partial charge < -0.3 is 5.32 Å². The van der Waals surface area contributed by atoms with Crippen LogP contribution in [0, 0.1) is 9.87 Å². The van der Waals surface area contributed by atoms with Crippen molar-refractivity contribution in [2.45, 2.75) is 30.4 Å². The number of benzene rings is 1. The van der Waals surface area contributed by atoms with Crippen LogP contribution in [0.2, 0.25) is 0 Å². The van der Waals surface area contributed by atoms with E-state index in [2.05, 4.69) is 15.7 Å². The van der Waals surface area contributed by atoms with Gasteiger partial charge >= 0.3 is 6.03 Å². The third-order valence-electron chi connectivity index (χ3n) is 3.08. The van der Waals surface area contributed by atoms with E-state index >= 15 is 0 Å². The highest BCUT2D eigenvalue weighted by atomic mass is 32.2. The maximum atomic E-state index is 12.1. The first-order chi connectivity index (χ1) is 11.9. The second-order valence-corrected chi connectivity index (χ2v) is 8.94. The number of carbonyl (C=O) groups is 2. The normalized spacial score (nSPS) is 12.0. The number of para-hydroxylation sites is 1. The van der Waals surface area contributed by atoms with Crippen LogP contribution in [0.1, 0.15) is 20.8 Å². The topological polar surface area (TPSA) is 76.0 Å². The fourth-order valence-electron chi connectivity index (χ4n) is 1.80. The van der Waals surface area contributed by atoms with Crippen LogP contribution in [-0.2, 0) is 4.79 Å². The molecule has 0 saturated heterocycles. The molecule has 134 valence electrons. The minimum Gasteiger partial charge on any atom is -0.338 e. The van der Waals surface area contributed by atoms with E-state index in [-0.39, 0.29) is 5.91 Å². The lowest BCUT2D eigenvalue weighted by atomic mass is 10.2. The molecule has 2 rings (SSSR count). The zero-order valence-corrected chi connectivity index (χ0v) is 16.6. The van der Waals surface area contributed by atoms with E-state index in [1.54, 1.807) is 11.6 Å². The van der Waals surface area contributed by atoms with Crippen LogP contribution < -0.4 is 10.6 Å². The van der Waals surface area contributed by atoms with Crippen LogP contribution >= 0.6 is 35.3 Å². The third kappa shape index (κ3) is 5.94. The first-order valence-electron chi connectivity index (χ1n) is 7.77. The molecule has 0 saturated carbocycles. The van der Waals surface area contributed by atoms with Gasteiger partial charge in [-0.3, -0.25) is 10.1 Å². The number of aromatic nitrogens is 2. The molecule has 1 aromatic carbocycles. The molecule has 0 aliphatic rings. The van der Waals surface area contributed by atoms with Crippen molar-refractivity contribution < 1.29 is 9.59 Å². The Morgan fingerprint density at radius 3 is 2.60 bits per heavy atom. The van der Waals surface area contributed by atoms with Gasteiger partial charge in [0.15, 0.2) is 8.29 Å². The van der Waals surface area contributed by atoms with Gasteiger partial charge in [-0.25, -0.2) is 9.48 Å². The first-order valence-corrected chi connectivity index (χ1v) is 9.88. The number of carbonyl (C=O) groups excluding carboxylic acids is 2. The number of rotatable bonds is 6. The molecule has 2 N–H and O–H groups in total. The molecular formula is C16H20N4O2S3. The average molecular weight is 397 g/mol. The van der Waals surface area contributed by atoms with Gasteiger partial charge in [-0.1, -0.05) is 55.1 Å². The van der Waals surface area contributed by atoms with Crippen LogP contribution in [-0.4, -0.2) is 33.5 Å². The minimum atomic E-state index is -0.478. The Morgan fingerprint density at radius 1 is 1.28 bits per heavy atom. The maximum Gasteiger partial charge on any atom is 0.321 e. The molecule has 1 unspecified atom stereocenters. The quantitative estimate of drug-likeness (QED) is 0.576. The van der Waals surface area contributed by atoms with Gasteiger partial charge in [0.2, 0.25) is 5.91 Å². The SMILES string of the molecule is CC(C)CNC(=O)NC(=O)C(C)Sc1nn(-c2ccccc2)c(=S)s1. The molecule has 1 heterocycles. The van der Waals surface area contributed by atoms with Crippen molar-refractivity contribution in [3.05, 3.63) is 34.3 Å². The van der Waals surface area contributed by atoms with Gasteiger partial charge in [-0.15, -0.1) is 5.10 Å². The molecule has 2 aromatic rings. The van der Waals surface area contributed by atoms with Crippen molar-refractivity contribution >= 4 is 47.3 Å². The molecule has 0 radical (unpaired) electrons. The van der Waals surface area contributed by atoms with Crippen molar-refractivity contribution in [3.63, 3.8) is 0 Å². The van der Waals surface area contributed by atoms with E-state index in [1.165, 1.54) is 23.1 Å². The molecule has 1 atom stereocenters. The molecule has 0 aliphatic heterocycles. The Hall–Kier alpha value is -1.71. The molecule has 25 heavy (non-hydrogen) atoms. The summed E-state index contributed by atoms with van der Waals surface area (Å²) >= 11 is 7.96. The smallest absolute Gasteiger partial charge is 0.321 e. The monoisotopic (exact) mass is 396 g/mol. The lowest BCUT2D eigenvalue weighted by molar-refractivity contribution is -0.119. The van der Waals surface area contributed by atoms with Crippen LogP contribution in [0.15, 0.2) is 34.7 Å². The van der Waals surface area contributed by atoms with Crippen molar-refractivity contribution in [2.24, 2.45) is 5.92 Å². The predicted molar refractivity (Wildman–Crippen MR) is 104 cm³/mol. The lowest BCUT2D eigenvalue weighted by Crippen LogP contribution is -2.43. The van der Waals surface area contributed by atoms with E-state index < -0.39 is 11.3 Å². The Bertz CT molecular complexity index is 786. The average Bonchev–Trinajstić information content (AvgIpc) is 2.94. The largest absolute Gasteiger partial charge is 0.338 e.